The molecule has 1 unspecified atom stereocenters. The zero-order valence-corrected chi connectivity index (χ0v) is 9.88. The maximum Gasteiger partial charge on any atom is 0.0437 e. The van der Waals surface area contributed by atoms with Crippen molar-refractivity contribution in [3.63, 3.8) is 0 Å². The third-order valence-corrected chi connectivity index (χ3v) is 3.08. The third-order valence-electron chi connectivity index (χ3n) is 3.08. The van der Waals surface area contributed by atoms with Crippen LogP contribution in [0.3, 0.4) is 0 Å². The summed E-state index contributed by atoms with van der Waals surface area (Å²) in [6, 6.07) is 4.41. The van der Waals surface area contributed by atoms with Crippen molar-refractivity contribution in [2.75, 3.05) is 13.2 Å². The van der Waals surface area contributed by atoms with Gasteiger partial charge in [0.15, 0.2) is 0 Å². The standard InChI is InChI=1S/C13H21NO/c1-9-6-11(3)13(7-10(9)2)12(8-14)4-5-15/h6-7,12,15H,4-5,8,14H2,1-3H3. The average molecular weight is 207 g/mol. The number of nitrogens with two attached hydrogens (primary N) is 1. The molecule has 0 aliphatic carbocycles. The van der Waals surface area contributed by atoms with Crippen molar-refractivity contribution >= 4 is 0 Å². The van der Waals surface area contributed by atoms with E-state index in [1.54, 1.807) is 0 Å². The summed E-state index contributed by atoms with van der Waals surface area (Å²) in [6.45, 7) is 7.15. The molecule has 1 rings (SSSR count). The van der Waals surface area contributed by atoms with E-state index >= 15 is 0 Å². The molecule has 0 radical (unpaired) electrons. The van der Waals surface area contributed by atoms with E-state index in [1.165, 1.54) is 22.3 Å². The molecule has 2 nitrogen and oxygen atoms in total. The maximum atomic E-state index is 8.99. The van der Waals surface area contributed by atoms with Crippen LogP contribution in [0, 0.1) is 20.8 Å². The highest BCUT2D eigenvalue weighted by Gasteiger charge is 2.12. The molecule has 15 heavy (non-hydrogen) atoms. The van der Waals surface area contributed by atoms with Gasteiger partial charge in [-0.1, -0.05) is 12.1 Å². The maximum absolute atomic E-state index is 8.99. The Labute approximate surface area is 92.1 Å². The molecule has 0 saturated carbocycles. The first-order valence-electron chi connectivity index (χ1n) is 5.48. The van der Waals surface area contributed by atoms with Crippen LogP contribution in [0.25, 0.3) is 0 Å². The summed E-state index contributed by atoms with van der Waals surface area (Å²) in [7, 11) is 0. The highest BCUT2D eigenvalue weighted by molar-refractivity contribution is 5.38. The Morgan fingerprint density at radius 3 is 2.27 bits per heavy atom. The molecule has 1 aromatic rings. The van der Waals surface area contributed by atoms with Crippen LogP contribution in [0.4, 0.5) is 0 Å². The molecule has 1 aromatic carbocycles. The van der Waals surface area contributed by atoms with Gasteiger partial charge in [-0.3, -0.25) is 0 Å². The lowest BCUT2D eigenvalue weighted by Crippen LogP contribution is -2.15. The minimum Gasteiger partial charge on any atom is -0.396 e. The first-order valence-corrected chi connectivity index (χ1v) is 5.48. The van der Waals surface area contributed by atoms with E-state index in [2.05, 4.69) is 32.9 Å². The van der Waals surface area contributed by atoms with Crippen molar-refractivity contribution in [2.24, 2.45) is 5.73 Å². The first kappa shape index (κ1) is 12.2. The number of hydrogen-bond donors (Lipinski definition) is 2. The minimum absolute atomic E-state index is 0.203. The molecular formula is C13H21NO. The van der Waals surface area contributed by atoms with Gasteiger partial charge in [0.2, 0.25) is 0 Å². The SMILES string of the molecule is Cc1cc(C)c(C(CN)CCO)cc1C. The Morgan fingerprint density at radius 1 is 1.13 bits per heavy atom. The van der Waals surface area contributed by atoms with Crippen LogP contribution in [0.1, 0.15) is 34.6 Å². The van der Waals surface area contributed by atoms with E-state index in [-0.39, 0.29) is 12.5 Å². The monoisotopic (exact) mass is 207 g/mol. The zero-order chi connectivity index (χ0) is 11.4. The van der Waals surface area contributed by atoms with Gasteiger partial charge in [-0.25, -0.2) is 0 Å². The van der Waals surface area contributed by atoms with Crippen molar-refractivity contribution in [1.29, 1.82) is 0 Å². The summed E-state index contributed by atoms with van der Waals surface area (Å²) >= 11 is 0. The fourth-order valence-corrected chi connectivity index (χ4v) is 1.98. The number of aliphatic hydroxyl groups excluding tert-OH is 1. The largest absolute Gasteiger partial charge is 0.396 e. The van der Waals surface area contributed by atoms with Crippen LogP contribution in [0.5, 0.6) is 0 Å². The van der Waals surface area contributed by atoms with Gasteiger partial charge in [0.25, 0.3) is 0 Å². The van der Waals surface area contributed by atoms with Gasteiger partial charge in [-0.2, -0.15) is 0 Å². The van der Waals surface area contributed by atoms with Gasteiger partial charge in [-0.15, -0.1) is 0 Å². The Balaban J connectivity index is 3.06. The molecule has 0 aliphatic heterocycles. The topological polar surface area (TPSA) is 46.2 Å². The van der Waals surface area contributed by atoms with Crippen LogP contribution in [-0.2, 0) is 0 Å². The van der Waals surface area contributed by atoms with E-state index in [1.807, 2.05) is 0 Å². The molecule has 3 N–H and O–H groups in total. The number of rotatable bonds is 4. The lowest BCUT2D eigenvalue weighted by Gasteiger charge is -2.18. The van der Waals surface area contributed by atoms with E-state index in [9.17, 15) is 0 Å². The molecule has 2 heteroatoms. The Hall–Kier alpha value is -0.860. The average Bonchev–Trinajstić information content (AvgIpc) is 2.20. The molecular weight excluding hydrogens is 186 g/mol. The molecule has 0 saturated heterocycles. The highest BCUT2D eigenvalue weighted by Crippen LogP contribution is 2.24. The summed E-state index contributed by atoms with van der Waals surface area (Å²) in [5.74, 6) is 0.286. The van der Waals surface area contributed by atoms with E-state index in [4.69, 9.17) is 10.8 Å². The van der Waals surface area contributed by atoms with E-state index < -0.39 is 0 Å². The Morgan fingerprint density at radius 2 is 1.73 bits per heavy atom. The van der Waals surface area contributed by atoms with Gasteiger partial charge >= 0.3 is 0 Å². The van der Waals surface area contributed by atoms with Gasteiger partial charge in [0, 0.05) is 6.61 Å². The second-order valence-electron chi connectivity index (χ2n) is 4.24. The number of aryl methyl sites for hydroxylation is 3. The van der Waals surface area contributed by atoms with Crippen LogP contribution in [0.15, 0.2) is 12.1 Å². The molecule has 1 atom stereocenters. The molecule has 84 valence electrons. The predicted molar refractivity (Wildman–Crippen MR) is 64.2 cm³/mol. The highest BCUT2D eigenvalue weighted by atomic mass is 16.3. The molecule has 0 bridgehead atoms. The Kier molecular flexibility index (Phi) is 4.30. The fraction of sp³-hybridized carbons (Fsp3) is 0.538. The van der Waals surface area contributed by atoms with Crippen molar-refractivity contribution in [2.45, 2.75) is 33.1 Å². The lowest BCUT2D eigenvalue weighted by atomic mass is 9.89. The second kappa shape index (κ2) is 5.29. The summed E-state index contributed by atoms with van der Waals surface area (Å²) in [4.78, 5) is 0. The van der Waals surface area contributed by atoms with Gasteiger partial charge in [-0.05, 0) is 61.9 Å². The number of hydrogen-bond acceptors (Lipinski definition) is 2. The van der Waals surface area contributed by atoms with Gasteiger partial charge in [0.1, 0.15) is 0 Å². The minimum atomic E-state index is 0.203. The van der Waals surface area contributed by atoms with Crippen LogP contribution in [0.2, 0.25) is 0 Å². The van der Waals surface area contributed by atoms with Crippen molar-refractivity contribution < 1.29 is 5.11 Å². The number of aliphatic hydroxyl groups is 1. The third kappa shape index (κ3) is 2.80. The lowest BCUT2D eigenvalue weighted by molar-refractivity contribution is 0.276. The van der Waals surface area contributed by atoms with Crippen LogP contribution >= 0.6 is 0 Å². The summed E-state index contributed by atoms with van der Waals surface area (Å²) in [6.07, 6.45) is 0.750. The molecule has 0 amide bonds. The van der Waals surface area contributed by atoms with E-state index in [0.717, 1.165) is 6.42 Å². The molecule has 0 aromatic heterocycles. The Bertz CT molecular complexity index is 334. The van der Waals surface area contributed by atoms with Crippen LogP contribution in [-0.4, -0.2) is 18.3 Å². The van der Waals surface area contributed by atoms with E-state index in [0.29, 0.717) is 6.54 Å². The normalized spacial score (nSPS) is 12.9. The predicted octanol–water partition coefficient (Wildman–Crippen LogP) is 2.04. The quantitative estimate of drug-likeness (QED) is 0.793. The summed E-state index contributed by atoms with van der Waals surface area (Å²) in [5.41, 5.74) is 10.9. The van der Waals surface area contributed by atoms with Crippen molar-refractivity contribution in [1.82, 2.24) is 0 Å². The molecule has 0 spiro atoms. The van der Waals surface area contributed by atoms with Crippen molar-refractivity contribution in [3.05, 3.63) is 34.4 Å². The zero-order valence-electron chi connectivity index (χ0n) is 9.88. The van der Waals surface area contributed by atoms with Crippen molar-refractivity contribution in [3.8, 4) is 0 Å². The molecule has 0 heterocycles. The van der Waals surface area contributed by atoms with Gasteiger partial charge in [0.05, 0.1) is 0 Å². The summed E-state index contributed by atoms with van der Waals surface area (Å²) in [5, 5.41) is 8.99. The fourth-order valence-electron chi connectivity index (χ4n) is 1.98. The van der Waals surface area contributed by atoms with Crippen LogP contribution < -0.4 is 5.73 Å². The van der Waals surface area contributed by atoms with Gasteiger partial charge < -0.3 is 10.8 Å². The second-order valence-corrected chi connectivity index (χ2v) is 4.24. The molecule has 0 aliphatic rings. The summed E-state index contributed by atoms with van der Waals surface area (Å²) < 4.78 is 0. The number of benzene rings is 1. The smallest absolute Gasteiger partial charge is 0.0437 e. The molecule has 0 fully saturated rings. The first-order chi connectivity index (χ1) is 7.10.